The van der Waals surface area contributed by atoms with E-state index in [1.165, 1.54) is 43.7 Å². The zero-order valence-corrected chi connectivity index (χ0v) is 10.1. The second-order valence-corrected chi connectivity index (χ2v) is 5.29. The highest BCUT2D eigenvalue weighted by Crippen LogP contribution is 2.24. The van der Waals surface area contributed by atoms with Gasteiger partial charge in [-0.1, -0.05) is 13.3 Å². The lowest BCUT2D eigenvalue weighted by Crippen LogP contribution is -2.42. The molecule has 1 aliphatic carbocycles. The van der Waals surface area contributed by atoms with E-state index in [0.29, 0.717) is 6.61 Å². The monoisotopic (exact) mass is 217 g/mol. The van der Waals surface area contributed by atoms with E-state index in [1.54, 1.807) is 0 Å². The fourth-order valence-corrected chi connectivity index (χ4v) is 2.49. The molecule has 84 valence electrons. The van der Waals surface area contributed by atoms with Gasteiger partial charge in [0.25, 0.3) is 0 Å². The van der Waals surface area contributed by atoms with Crippen molar-refractivity contribution in [3.8, 4) is 0 Å². The van der Waals surface area contributed by atoms with Crippen molar-refractivity contribution in [2.24, 2.45) is 0 Å². The lowest BCUT2D eigenvalue weighted by molar-refractivity contribution is 0.102. The van der Waals surface area contributed by atoms with Gasteiger partial charge in [-0.2, -0.15) is 11.8 Å². The van der Waals surface area contributed by atoms with Crippen molar-refractivity contribution < 1.29 is 5.11 Å². The quantitative estimate of drug-likeness (QED) is 0.629. The van der Waals surface area contributed by atoms with Crippen LogP contribution in [-0.4, -0.2) is 47.3 Å². The van der Waals surface area contributed by atoms with Crippen LogP contribution in [0, 0.1) is 0 Å². The molecule has 2 nitrogen and oxygen atoms in total. The van der Waals surface area contributed by atoms with Crippen molar-refractivity contribution in [2.45, 2.75) is 38.6 Å². The zero-order valence-electron chi connectivity index (χ0n) is 9.24. The molecule has 0 unspecified atom stereocenters. The Labute approximate surface area is 92.1 Å². The minimum atomic E-state index is 0.317. The van der Waals surface area contributed by atoms with E-state index in [4.69, 9.17) is 5.11 Å². The first kappa shape index (κ1) is 12.3. The summed E-state index contributed by atoms with van der Waals surface area (Å²) in [5, 5.41) is 8.96. The minimum Gasteiger partial charge on any atom is -0.395 e. The first-order valence-corrected chi connectivity index (χ1v) is 6.96. The third-order valence-electron chi connectivity index (χ3n) is 2.92. The average molecular weight is 217 g/mol. The van der Waals surface area contributed by atoms with Gasteiger partial charge >= 0.3 is 0 Å². The summed E-state index contributed by atoms with van der Waals surface area (Å²) in [7, 11) is 0. The maximum atomic E-state index is 8.96. The topological polar surface area (TPSA) is 23.5 Å². The van der Waals surface area contributed by atoms with Crippen molar-refractivity contribution in [2.75, 3.05) is 31.2 Å². The number of hydrogen-bond donors (Lipinski definition) is 1. The number of aliphatic hydroxyl groups is 1. The summed E-state index contributed by atoms with van der Waals surface area (Å²) in [5.74, 6) is 2.49. The molecule has 14 heavy (non-hydrogen) atoms. The van der Waals surface area contributed by atoms with Crippen LogP contribution < -0.4 is 0 Å². The fraction of sp³-hybridized carbons (Fsp3) is 1.00. The van der Waals surface area contributed by atoms with Gasteiger partial charge in [-0.15, -0.1) is 0 Å². The smallest absolute Gasteiger partial charge is 0.0558 e. The summed E-state index contributed by atoms with van der Waals surface area (Å²) in [6.45, 7) is 4.58. The van der Waals surface area contributed by atoms with E-state index >= 15 is 0 Å². The largest absolute Gasteiger partial charge is 0.395 e. The van der Waals surface area contributed by atoms with E-state index in [1.807, 2.05) is 11.8 Å². The van der Waals surface area contributed by atoms with Gasteiger partial charge in [0, 0.05) is 12.6 Å². The lowest BCUT2D eigenvalue weighted by atomic mass is 9.91. The first-order chi connectivity index (χ1) is 6.88. The van der Waals surface area contributed by atoms with Crippen LogP contribution in [0.5, 0.6) is 0 Å². The molecule has 0 aliphatic heterocycles. The molecule has 0 atom stereocenters. The molecule has 3 heteroatoms. The molecule has 0 amide bonds. The van der Waals surface area contributed by atoms with Crippen molar-refractivity contribution in [3.05, 3.63) is 0 Å². The standard InChI is InChI=1S/C11H23NOS/c1-2-14-10-4-7-12(8-9-13)11-5-3-6-11/h11,13H,2-10H2,1H3. The van der Waals surface area contributed by atoms with Crippen LogP contribution in [0.3, 0.4) is 0 Å². The molecule has 0 aromatic rings. The van der Waals surface area contributed by atoms with Gasteiger partial charge < -0.3 is 5.11 Å². The lowest BCUT2D eigenvalue weighted by Gasteiger charge is -2.37. The first-order valence-electron chi connectivity index (χ1n) is 5.81. The molecule has 0 bridgehead atoms. The van der Waals surface area contributed by atoms with E-state index in [2.05, 4.69) is 11.8 Å². The van der Waals surface area contributed by atoms with Gasteiger partial charge in [0.2, 0.25) is 0 Å². The summed E-state index contributed by atoms with van der Waals surface area (Å²) in [6, 6.07) is 0.786. The van der Waals surface area contributed by atoms with Crippen LogP contribution in [0.1, 0.15) is 32.6 Å². The molecular weight excluding hydrogens is 194 g/mol. The van der Waals surface area contributed by atoms with Gasteiger partial charge in [-0.25, -0.2) is 0 Å². The van der Waals surface area contributed by atoms with Crippen LogP contribution in [-0.2, 0) is 0 Å². The van der Waals surface area contributed by atoms with Gasteiger partial charge in [-0.05, 0) is 37.3 Å². The van der Waals surface area contributed by atoms with Crippen LogP contribution in [0.2, 0.25) is 0 Å². The second-order valence-electron chi connectivity index (χ2n) is 3.89. The van der Waals surface area contributed by atoms with Crippen molar-refractivity contribution in [3.63, 3.8) is 0 Å². The predicted molar refractivity (Wildman–Crippen MR) is 63.9 cm³/mol. The third kappa shape index (κ3) is 4.20. The molecule has 0 spiro atoms. The Bertz CT molecular complexity index is 139. The summed E-state index contributed by atoms with van der Waals surface area (Å²) in [6.07, 6.45) is 5.35. The molecule has 1 saturated carbocycles. The highest BCUT2D eigenvalue weighted by atomic mass is 32.2. The second kappa shape index (κ2) is 7.55. The predicted octanol–water partition coefficient (Wildman–Crippen LogP) is 1.98. The summed E-state index contributed by atoms with van der Waals surface area (Å²) in [4.78, 5) is 2.47. The minimum absolute atomic E-state index is 0.317. The molecule has 1 rings (SSSR count). The number of rotatable bonds is 8. The summed E-state index contributed by atoms with van der Waals surface area (Å²) < 4.78 is 0. The van der Waals surface area contributed by atoms with Crippen LogP contribution >= 0.6 is 11.8 Å². The molecule has 1 N–H and O–H groups in total. The number of nitrogens with zero attached hydrogens (tertiary/aromatic N) is 1. The number of hydrogen-bond acceptors (Lipinski definition) is 3. The molecule has 0 radical (unpaired) electrons. The van der Waals surface area contributed by atoms with Gasteiger partial charge in [0.05, 0.1) is 6.61 Å². The van der Waals surface area contributed by atoms with E-state index < -0.39 is 0 Å². The van der Waals surface area contributed by atoms with Crippen LogP contribution in [0.25, 0.3) is 0 Å². The fourth-order valence-electron chi connectivity index (χ4n) is 1.87. The zero-order chi connectivity index (χ0) is 10.2. The molecule has 1 fully saturated rings. The van der Waals surface area contributed by atoms with E-state index in [0.717, 1.165) is 12.6 Å². The summed E-state index contributed by atoms with van der Waals surface area (Å²) >= 11 is 2.02. The molecule has 0 aromatic heterocycles. The average Bonchev–Trinajstić information content (AvgIpc) is 2.10. The SMILES string of the molecule is CCSCCCN(CCO)C1CCC1. The third-order valence-corrected chi connectivity index (χ3v) is 3.90. The highest BCUT2D eigenvalue weighted by Gasteiger charge is 2.23. The van der Waals surface area contributed by atoms with Gasteiger partial charge in [0.15, 0.2) is 0 Å². The van der Waals surface area contributed by atoms with Crippen molar-refractivity contribution in [1.82, 2.24) is 4.90 Å². The molecule has 0 aromatic carbocycles. The van der Waals surface area contributed by atoms with Gasteiger partial charge in [-0.3, -0.25) is 4.90 Å². The van der Waals surface area contributed by atoms with Gasteiger partial charge in [0.1, 0.15) is 0 Å². The maximum Gasteiger partial charge on any atom is 0.0558 e. The Balaban J connectivity index is 2.08. The van der Waals surface area contributed by atoms with Crippen molar-refractivity contribution in [1.29, 1.82) is 0 Å². The Kier molecular flexibility index (Phi) is 6.65. The van der Waals surface area contributed by atoms with Crippen molar-refractivity contribution >= 4 is 11.8 Å². The number of thioether (sulfide) groups is 1. The molecule has 1 aliphatic rings. The molecule has 0 heterocycles. The van der Waals surface area contributed by atoms with Crippen LogP contribution in [0.15, 0.2) is 0 Å². The Hall–Kier alpha value is 0.270. The molecule has 0 saturated heterocycles. The molecular formula is C11H23NOS. The summed E-state index contributed by atoms with van der Waals surface area (Å²) in [5.41, 5.74) is 0. The Morgan fingerprint density at radius 2 is 2.14 bits per heavy atom. The van der Waals surface area contributed by atoms with E-state index in [9.17, 15) is 0 Å². The van der Waals surface area contributed by atoms with Crippen LogP contribution in [0.4, 0.5) is 0 Å². The Morgan fingerprint density at radius 1 is 1.36 bits per heavy atom. The highest BCUT2D eigenvalue weighted by molar-refractivity contribution is 7.99. The maximum absolute atomic E-state index is 8.96. The number of aliphatic hydroxyl groups excluding tert-OH is 1. The van der Waals surface area contributed by atoms with E-state index in [-0.39, 0.29) is 0 Å². The Morgan fingerprint density at radius 3 is 2.64 bits per heavy atom. The normalized spacial score (nSPS) is 17.4.